The molecule has 2 aliphatic heterocycles. The molecule has 2 fully saturated rings. The maximum Gasteiger partial charge on any atom is 0.263 e. The molecule has 6 nitrogen and oxygen atoms in total. The molecule has 1 aromatic rings. The second-order valence-electron chi connectivity index (χ2n) is 5.25. The number of rotatable bonds is 2. The minimum atomic E-state index is -1.15. The molecule has 1 aromatic carbocycles. The summed E-state index contributed by atoms with van der Waals surface area (Å²) in [6, 6.07) is 8.95. The molecular weight excluding hydrogens is 286 g/mol. The molecule has 0 amide bonds. The van der Waals surface area contributed by atoms with E-state index in [-0.39, 0.29) is 12.6 Å². The topological polar surface area (TPSA) is 80.0 Å². The quantitative estimate of drug-likeness (QED) is 0.824. The van der Waals surface area contributed by atoms with E-state index < -0.39 is 11.9 Å². The van der Waals surface area contributed by atoms with Gasteiger partial charge in [-0.1, -0.05) is 30.3 Å². The molecule has 0 aromatic heterocycles. The van der Waals surface area contributed by atoms with Gasteiger partial charge in [-0.25, -0.2) is 0 Å². The summed E-state index contributed by atoms with van der Waals surface area (Å²) in [5, 5.41) is 0. The van der Waals surface area contributed by atoms with Crippen LogP contribution in [0.4, 0.5) is 0 Å². The van der Waals surface area contributed by atoms with Crippen molar-refractivity contribution in [1.82, 2.24) is 0 Å². The number of Topliss-reactive ketones (excluding diaryl/α,β-unsaturated/α-hetero) is 1. The lowest BCUT2D eigenvalue weighted by Gasteiger charge is -2.41. The first-order chi connectivity index (χ1) is 10.7. The number of benzene rings is 1. The number of hydrogen-bond acceptors (Lipinski definition) is 6. The lowest BCUT2D eigenvalue weighted by Crippen LogP contribution is -2.56. The Bertz CT molecular complexity index is 681. The fourth-order valence-electron chi connectivity index (χ4n) is 2.95. The average molecular weight is 301 g/mol. The molecule has 2 atom stereocenters. The van der Waals surface area contributed by atoms with Gasteiger partial charge >= 0.3 is 0 Å². The maximum absolute atomic E-state index is 12.7. The zero-order valence-corrected chi connectivity index (χ0v) is 11.8. The molecule has 2 N–H and O–H groups in total. The molecule has 6 heteroatoms. The van der Waals surface area contributed by atoms with E-state index in [1.165, 1.54) is 0 Å². The number of ketones is 1. The largest absolute Gasteiger partial charge is 0.466 e. The number of hydrogen-bond donors (Lipinski definition) is 1. The SMILES string of the molecule is NC1=C(C(=O)c2ccccc2)C=C2OCOC23OCCOC13. The fourth-order valence-corrected chi connectivity index (χ4v) is 2.95. The van der Waals surface area contributed by atoms with E-state index in [0.29, 0.717) is 35.8 Å². The van der Waals surface area contributed by atoms with E-state index >= 15 is 0 Å². The highest BCUT2D eigenvalue weighted by atomic mass is 16.8. The van der Waals surface area contributed by atoms with E-state index in [9.17, 15) is 4.79 Å². The highest BCUT2D eigenvalue weighted by molar-refractivity contribution is 6.11. The Morgan fingerprint density at radius 2 is 2.00 bits per heavy atom. The Labute approximate surface area is 127 Å². The van der Waals surface area contributed by atoms with Crippen molar-refractivity contribution in [1.29, 1.82) is 0 Å². The zero-order chi connectivity index (χ0) is 15.2. The molecule has 2 unspecified atom stereocenters. The van der Waals surface area contributed by atoms with Crippen LogP contribution in [-0.4, -0.2) is 37.7 Å². The van der Waals surface area contributed by atoms with Gasteiger partial charge < -0.3 is 24.7 Å². The van der Waals surface area contributed by atoms with Crippen molar-refractivity contribution in [2.45, 2.75) is 11.9 Å². The molecule has 114 valence electrons. The van der Waals surface area contributed by atoms with Crippen LogP contribution in [0, 0.1) is 0 Å². The number of carbonyl (C=O) groups excluding carboxylic acids is 1. The Morgan fingerprint density at radius 3 is 2.82 bits per heavy atom. The third-order valence-corrected chi connectivity index (χ3v) is 4.01. The molecule has 0 saturated carbocycles. The molecule has 1 spiro atoms. The second kappa shape index (κ2) is 4.95. The molecular formula is C16H15NO5. The van der Waals surface area contributed by atoms with Crippen LogP contribution < -0.4 is 5.73 Å². The average Bonchev–Trinajstić information content (AvgIpc) is 2.97. The number of nitrogens with two attached hydrogens (primary N) is 1. The summed E-state index contributed by atoms with van der Waals surface area (Å²) in [7, 11) is 0. The van der Waals surface area contributed by atoms with Crippen LogP contribution in [0.5, 0.6) is 0 Å². The van der Waals surface area contributed by atoms with Gasteiger partial charge in [0.2, 0.25) is 0 Å². The Hall–Kier alpha value is -2.15. The number of carbonyl (C=O) groups is 1. The lowest BCUT2D eigenvalue weighted by atomic mass is 9.89. The minimum Gasteiger partial charge on any atom is -0.466 e. The summed E-state index contributed by atoms with van der Waals surface area (Å²) in [6.45, 7) is 0.814. The highest BCUT2D eigenvalue weighted by Gasteiger charge is 2.57. The molecule has 0 radical (unpaired) electrons. The second-order valence-corrected chi connectivity index (χ2v) is 5.25. The van der Waals surface area contributed by atoms with E-state index in [0.717, 1.165) is 0 Å². The van der Waals surface area contributed by atoms with E-state index in [1.807, 2.05) is 6.07 Å². The normalized spacial score (nSPS) is 30.2. The zero-order valence-electron chi connectivity index (χ0n) is 11.8. The van der Waals surface area contributed by atoms with Crippen molar-refractivity contribution < 1.29 is 23.7 Å². The number of ether oxygens (including phenoxy) is 4. The molecule has 0 bridgehead atoms. The van der Waals surface area contributed by atoms with Crippen molar-refractivity contribution in [3.8, 4) is 0 Å². The van der Waals surface area contributed by atoms with Crippen LogP contribution in [-0.2, 0) is 18.9 Å². The van der Waals surface area contributed by atoms with Crippen LogP contribution in [0.3, 0.4) is 0 Å². The molecule has 1 aliphatic carbocycles. The molecule has 4 rings (SSSR count). The van der Waals surface area contributed by atoms with Crippen molar-refractivity contribution in [3.63, 3.8) is 0 Å². The van der Waals surface area contributed by atoms with Gasteiger partial charge in [0, 0.05) is 11.1 Å². The summed E-state index contributed by atoms with van der Waals surface area (Å²) < 4.78 is 22.5. The van der Waals surface area contributed by atoms with Crippen molar-refractivity contribution in [2.24, 2.45) is 5.73 Å². The van der Waals surface area contributed by atoms with Gasteiger partial charge in [0.05, 0.1) is 18.9 Å². The van der Waals surface area contributed by atoms with Crippen LogP contribution in [0.1, 0.15) is 10.4 Å². The summed E-state index contributed by atoms with van der Waals surface area (Å²) in [6.07, 6.45) is 0.925. The standard InChI is InChI=1S/C16H15NO5/c17-13-11(14(18)10-4-2-1-3-5-10)8-12-16(22-9-20-12)15(13)19-6-7-21-16/h1-5,8,15H,6-7,9,17H2. The van der Waals surface area contributed by atoms with Crippen molar-refractivity contribution >= 4 is 5.78 Å². The molecule has 2 heterocycles. The van der Waals surface area contributed by atoms with E-state index in [1.54, 1.807) is 30.3 Å². The van der Waals surface area contributed by atoms with Gasteiger partial charge in [-0.05, 0) is 6.08 Å². The van der Waals surface area contributed by atoms with Crippen LogP contribution in [0.15, 0.2) is 53.4 Å². The Balaban J connectivity index is 1.78. The first-order valence-corrected chi connectivity index (χ1v) is 7.06. The van der Waals surface area contributed by atoms with Gasteiger partial charge in [0.15, 0.2) is 24.4 Å². The lowest BCUT2D eigenvalue weighted by molar-refractivity contribution is -0.281. The van der Waals surface area contributed by atoms with Crippen LogP contribution in [0.2, 0.25) is 0 Å². The van der Waals surface area contributed by atoms with E-state index in [2.05, 4.69) is 0 Å². The first-order valence-electron chi connectivity index (χ1n) is 7.06. The predicted octanol–water partition coefficient (Wildman–Crippen LogP) is 1.10. The minimum absolute atomic E-state index is 0.0474. The van der Waals surface area contributed by atoms with E-state index in [4.69, 9.17) is 24.7 Å². The summed E-state index contributed by atoms with van der Waals surface area (Å²) >= 11 is 0. The third-order valence-electron chi connectivity index (χ3n) is 4.01. The summed E-state index contributed by atoms with van der Waals surface area (Å²) in [5.41, 5.74) is 7.42. The van der Waals surface area contributed by atoms with Crippen LogP contribution >= 0.6 is 0 Å². The molecule has 22 heavy (non-hydrogen) atoms. The fraction of sp³-hybridized carbons (Fsp3) is 0.312. The van der Waals surface area contributed by atoms with Gasteiger partial charge in [-0.2, -0.15) is 0 Å². The van der Waals surface area contributed by atoms with Crippen molar-refractivity contribution in [2.75, 3.05) is 20.0 Å². The molecule has 2 saturated heterocycles. The highest BCUT2D eigenvalue weighted by Crippen LogP contribution is 2.43. The van der Waals surface area contributed by atoms with Crippen molar-refractivity contribution in [3.05, 3.63) is 59.0 Å². The summed E-state index contributed by atoms with van der Waals surface area (Å²) in [4.78, 5) is 12.7. The van der Waals surface area contributed by atoms with Gasteiger partial charge in [0.25, 0.3) is 5.79 Å². The first kappa shape index (κ1) is 13.5. The smallest absolute Gasteiger partial charge is 0.263 e. The van der Waals surface area contributed by atoms with Gasteiger partial charge in [-0.3, -0.25) is 4.79 Å². The Morgan fingerprint density at radius 1 is 1.18 bits per heavy atom. The third kappa shape index (κ3) is 1.81. The predicted molar refractivity (Wildman–Crippen MR) is 75.5 cm³/mol. The van der Waals surface area contributed by atoms with Gasteiger partial charge in [-0.15, -0.1) is 0 Å². The summed E-state index contributed by atoms with van der Waals surface area (Å²) in [5.74, 6) is -0.891. The Kier molecular flexibility index (Phi) is 3.04. The van der Waals surface area contributed by atoms with Gasteiger partial charge in [0.1, 0.15) is 0 Å². The number of allylic oxidation sites excluding steroid dienone is 2. The maximum atomic E-state index is 12.7. The molecule has 3 aliphatic rings. The van der Waals surface area contributed by atoms with Crippen LogP contribution in [0.25, 0.3) is 0 Å². The monoisotopic (exact) mass is 301 g/mol.